The molecule has 1 aliphatic carbocycles. The van der Waals surface area contributed by atoms with Gasteiger partial charge in [0.15, 0.2) is 17.1 Å². The van der Waals surface area contributed by atoms with Crippen LogP contribution in [0, 0.1) is 0 Å². The summed E-state index contributed by atoms with van der Waals surface area (Å²) in [5.74, 6) is 1.51. The van der Waals surface area contributed by atoms with Crippen LogP contribution >= 0.6 is 0 Å². The zero-order chi connectivity index (χ0) is 20.9. The van der Waals surface area contributed by atoms with Gasteiger partial charge in [0.25, 0.3) is 5.56 Å². The molecule has 4 aromatic rings. The average Bonchev–Trinajstić information content (AvgIpc) is 3.36. The fourth-order valence-corrected chi connectivity index (χ4v) is 3.91. The van der Waals surface area contributed by atoms with Crippen molar-refractivity contribution in [3.8, 4) is 11.5 Å². The molecule has 4 heterocycles. The van der Waals surface area contributed by atoms with E-state index in [2.05, 4.69) is 15.4 Å². The minimum Gasteiger partial charge on any atom is -0.454 e. The number of benzene rings is 1. The summed E-state index contributed by atoms with van der Waals surface area (Å²) >= 11 is 0. The first-order valence-electron chi connectivity index (χ1n) is 10.2. The topological polar surface area (TPSA) is 99.8 Å². The van der Waals surface area contributed by atoms with Crippen molar-refractivity contribution < 1.29 is 14.3 Å². The zero-order valence-electron chi connectivity index (χ0n) is 16.6. The van der Waals surface area contributed by atoms with Gasteiger partial charge in [0.05, 0.1) is 11.2 Å². The maximum Gasteiger partial charge on any atom is 0.277 e. The number of carbonyl (C=O) groups excluding carboxylic acids is 1. The third-order valence-electron chi connectivity index (χ3n) is 5.67. The Morgan fingerprint density at radius 1 is 1.13 bits per heavy atom. The number of fused-ring (bicyclic) bond motifs is 4. The number of nitrogens with one attached hydrogen (secondary N) is 1. The van der Waals surface area contributed by atoms with Gasteiger partial charge in [0, 0.05) is 18.7 Å². The summed E-state index contributed by atoms with van der Waals surface area (Å²) in [6.07, 6.45) is 3.84. The maximum atomic E-state index is 13.2. The van der Waals surface area contributed by atoms with Crippen molar-refractivity contribution in [2.45, 2.75) is 31.8 Å². The van der Waals surface area contributed by atoms with Crippen LogP contribution in [-0.4, -0.2) is 31.9 Å². The lowest BCUT2D eigenvalue weighted by Gasteiger charge is -2.11. The van der Waals surface area contributed by atoms with E-state index in [1.54, 1.807) is 22.8 Å². The van der Waals surface area contributed by atoms with Gasteiger partial charge in [0.2, 0.25) is 12.7 Å². The molecule has 156 valence electrons. The largest absolute Gasteiger partial charge is 0.454 e. The van der Waals surface area contributed by atoms with Crippen LogP contribution in [0.1, 0.15) is 30.0 Å². The minimum atomic E-state index is -0.267. The zero-order valence-corrected chi connectivity index (χ0v) is 16.6. The molecule has 0 saturated heterocycles. The van der Waals surface area contributed by atoms with E-state index >= 15 is 0 Å². The van der Waals surface area contributed by atoms with Crippen molar-refractivity contribution in [1.82, 2.24) is 24.5 Å². The molecule has 1 saturated carbocycles. The van der Waals surface area contributed by atoms with Crippen molar-refractivity contribution >= 4 is 22.6 Å². The molecule has 0 radical (unpaired) electrons. The second kappa shape index (κ2) is 6.83. The molecule has 1 amide bonds. The smallest absolute Gasteiger partial charge is 0.277 e. The predicted octanol–water partition coefficient (Wildman–Crippen LogP) is 1.97. The first-order valence-corrected chi connectivity index (χ1v) is 10.2. The lowest BCUT2D eigenvalue weighted by atomic mass is 10.2. The number of hydrogen-bond donors (Lipinski definition) is 1. The molecule has 1 aliphatic heterocycles. The van der Waals surface area contributed by atoms with E-state index in [-0.39, 0.29) is 24.8 Å². The summed E-state index contributed by atoms with van der Waals surface area (Å²) in [4.78, 5) is 30.3. The van der Waals surface area contributed by atoms with E-state index in [0.717, 1.165) is 24.1 Å². The summed E-state index contributed by atoms with van der Waals surface area (Å²) in [5.41, 5.74) is 3.12. The highest BCUT2D eigenvalue weighted by molar-refractivity contribution is 5.80. The van der Waals surface area contributed by atoms with Crippen molar-refractivity contribution in [2.75, 3.05) is 6.79 Å². The minimum absolute atomic E-state index is 0.105. The molecule has 6 rings (SSSR count). The second-order valence-corrected chi connectivity index (χ2v) is 7.84. The Bertz CT molecular complexity index is 1400. The van der Waals surface area contributed by atoms with Crippen molar-refractivity contribution in [2.24, 2.45) is 0 Å². The van der Waals surface area contributed by atoms with Gasteiger partial charge in [-0.25, -0.2) is 9.50 Å². The number of carbonyl (C=O) groups is 1. The van der Waals surface area contributed by atoms with E-state index in [9.17, 15) is 9.59 Å². The second-order valence-electron chi connectivity index (χ2n) is 7.84. The Hall–Kier alpha value is -3.88. The third-order valence-corrected chi connectivity index (χ3v) is 5.67. The van der Waals surface area contributed by atoms with Gasteiger partial charge in [0.1, 0.15) is 12.1 Å². The molecule has 1 aromatic carbocycles. The van der Waals surface area contributed by atoms with Crippen molar-refractivity contribution in [3.05, 3.63) is 64.2 Å². The Morgan fingerprint density at radius 2 is 2.00 bits per heavy atom. The van der Waals surface area contributed by atoms with Gasteiger partial charge in [-0.2, -0.15) is 5.10 Å². The van der Waals surface area contributed by atoms with Crippen LogP contribution in [-0.2, 0) is 17.9 Å². The Labute approximate surface area is 176 Å². The van der Waals surface area contributed by atoms with E-state index in [4.69, 9.17) is 9.47 Å². The standard InChI is InChI=1S/C22H19N5O4/c28-20(24-10-13-3-6-18-19(8-13)31-12-30-18)11-26-16-2-1-7-23-21(16)27-17(22(26)29)9-15(25-27)14-4-5-14/h1-3,6-9,14H,4-5,10-12H2,(H,24,28). The molecule has 0 atom stereocenters. The number of rotatable bonds is 5. The van der Waals surface area contributed by atoms with Crippen LogP contribution in [0.4, 0.5) is 0 Å². The molecule has 9 heteroatoms. The molecule has 1 fully saturated rings. The van der Waals surface area contributed by atoms with E-state index in [1.165, 1.54) is 4.57 Å². The summed E-state index contributed by atoms with van der Waals surface area (Å²) in [7, 11) is 0. The van der Waals surface area contributed by atoms with Gasteiger partial charge in [-0.05, 0) is 48.7 Å². The summed E-state index contributed by atoms with van der Waals surface area (Å²) in [6, 6.07) is 10.9. The summed E-state index contributed by atoms with van der Waals surface area (Å²) < 4.78 is 13.7. The van der Waals surface area contributed by atoms with Crippen LogP contribution in [0.3, 0.4) is 0 Å². The quantitative estimate of drug-likeness (QED) is 0.533. The van der Waals surface area contributed by atoms with E-state index < -0.39 is 0 Å². The molecule has 9 nitrogen and oxygen atoms in total. The van der Waals surface area contributed by atoms with Crippen LogP contribution in [0.15, 0.2) is 47.4 Å². The number of aromatic nitrogens is 4. The molecule has 2 aliphatic rings. The highest BCUT2D eigenvalue weighted by Crippen LogP contribution is 2.39. The van der Waals surface area contributed by atoms with Crippen LogP contribution in [0.5, 0.6) is 11.5 Å². The molecular formula is C22H19N5O4. The molecule has 0 unspecified atom stereocenters. The average molecular weight is 417 g/mol. The monoisotopic (exact) mass is 417 g/mol. The summed E-state index contributed by atoms with van der Waals surface area (Å²) in [6.45, 7) is 0.419. The number of ether oxygens (including phenoxy) is 2. The lowest BCUT2D eigenvalue weighted by Crippen LogP contribution is -2.33. The number of hydrogen-bond acceptors (Lipinski definition) is 6. The van der Waals surface area contributed by atoms with E-state index in [1.807, 2.05) is 24.3 Å². The van der Waals surface area contributed by atoms with Gasteiger partial charge in [-0.15, -0.1) is 0 Å². The van der Waals surface area contributed by atoms with Crippen molar-refractivity contribution in [3.63, 3.8) is 0 Å². The highest BCUT2D eigenvalue weighted by atomic mass is 16.7. The molecule has 0 spiro atoms. The van der Waals surface area contributed by atoms with Crippen LogP contribution in [0.25, 0.3) is 16.7 Å². The van der Waals surface area contributed by atoms with Gasteiger partial charge in [-0.3, -0.25) is 14.2 Å². The van der Waals surface area contributed by atoms with E-state index in [0.29, 0.717) is 40.6 Å². The fraction of sp³-hybridized carbons (Fsp3) is 0.273. The normalized spacial score (nSPS) is 15.0. The summed E-state index contributed by atoms with van der Waals surface area (Å²) in [5, 5.41) is 7.48. The Balaban J connectivity index is 1.30. The number of pyridine rings is 1. The van der Waals surface area contributed by atoms with Gasteiger partial charge >= 0.3 is 0 Å². The molecule has 3 aromatic heterocycles. The van der Waals surface area contributed by atoms with Gasteiger partial charge < -0.3 is 14.8 Å². The molecule has 1 N–H and O–H groups in total. The number of amides is 1. The predicted molar refractivity (Wildman–Crippen MR) is 111 cm³/mol. The first kappa shape index (κ1) is 17.9. The molecule has 31 heavy (non-hydrogen) atoms. The van der Waals surface area contributed by atoms with Gasteiger partial charge in [-0.1, -0.05) is 6.07 Å². The maximum absolute atomic E-state index is 13.2. The third kappa shape index (κ3) is 3.09. The van der Waals surface area contributed by atoms with Crippen molar-refractivity contribution in [1.29, 1.82) is 0 Å². The Morgan fingerprint density at radius 3 is 2.87 bits per heavy atom. The number of nitrogens with zero attached hydrogens (tertiary/aromatic N) is 4. The van der Waals surface area contributed by atoms with Crippen LogP contribution in [0.2, 0.25) is 0 Å². The van der Waals surface area contributed by atoms with Crippen LogP contribution < -0.4 is 20.3 Å². The fourth-order valence-electron chi connectivity index (χ4n) is 3.91. The highest BCUT2D eigenvalue weighted by Gasteiger charge is 2.28. The lowest BCUT2D eigenvalue weighted by molar-refractivity contribution is -0.121. The molecular weight excluding hydrogens is 398 g/mol. The molecule has 0 bridgehead atoms. The first-order chi connectivity index (χ1) is 15.2. The SMILES string of the molecule is O=C(Cn1c(=O)c2cc(C3CC3)nn2c2ncccc21)NCc1ccc2c(c1)OCO2. The Kier molecular flexibility index (Phi) is 3.95.